The molecule has 138 valence electrons. The average Bonchev–Trinajstić information content (AvgIpc) is 2.74. The van der Waals surface area contributed by atoms with Gasteiger partial charge in [0.15, 0.2) is 0 Å². The minimum absolute atomic E-state index is 0.745. The predicted molar refractivity (Wildman–Crippen MR) is 108 cm³/mol. The van der Waals surface area contributed by atoms with E-state index >= 15 is 0 Å². The number of morpholine rings is 1. The molecule has 5 nitrogen and oxygen atoms in total. The Bertz CT molecular complexity index is 972. The van der Waals surface area contributed by atoms with Crippen molar-refractivity contribution in [2.24, 2.45) is 0 Å². The maximum absolute atomic E-state index is 5.49. The second-order valence-corrected chi connectivity index (χ2v) is 8.01. The number of pyridine rings is 1. The van der Waals surface area contributed by atoms with Crippen molar-refractivity contribution in [3.8, 4) is 0 Å². The second kappa shape index (κ2) is 7.44. The van der Waals surface area contributed by atoms with E-state index in [2.05, 4.69) is 29.2 Å². The maximum atomic E-state index is 5.49. The van der Waals surface area contributed by atoms with Crippen molar-refractivity contribution in [3.63, 3.8) is 0 Å². The molecule has 1 aliphatic heterocycles. The lowest BCUT2D eigenvalue weighted by molar-refractivity contribution is 0.122. The number of anilines is 1. The molecule has 0 N–H and O–H groups in total. The van der Waals surface area contributed by atoms with Crippen molar-refractivity contribution >= 4 is 28.6 Å². The molecule has 0 saturated carbocycles. The highest BCUT2D eigenvalue weighted by molar-refractivity contribution is 7.99. The van der Waals surface area contributed by atoms with Crippen LogP contribution >= 0.6 is 11.8 Å². The van der Waals surface area contributed by atoms with Crippen LogP contribution in [0.1, 0.15) is 24.1 Å². The first-order valence-corrected chi connectivity index (χ1v) is 10.4. The fraction of sp³-hybridized carbons (Fsp3) is 0.381. The van der Waals surface area contributed by atoms with Gasteiger partial charge in [0.2, 0.25) is 5.95 Å². The summed E-state index contributed by atoms with van der Waals surface area (Å²) in [6, 6.07) is 12.5. The van der Waals surface area contributed by atoms with Crippen LogP contribution in [0.5, 0.6) is 0 Å². The Morgan fingerprint density at radius 1 is 0.889 bits per heavy atom. The molecule has 5 rings (SSSR count). The molecule has 1 aliphatic carbocycles. The van der Waals surface area contributed by atoms with Crippen LogP contribution in [0, 0.1) is 0 Å². The summed E-state index contributed by atoms with van der Waals surface area (Å²) in [5.74, 6) is 0.849. The van der Waals surface area contributed by atoms with E-state index in [1.807, 2.05) is 12.1 Å². The zero-order chi connectivity index (χ0) is 18.1. The minimum Gasteiger partial charge on any atom is -0.378 e. The molecule has 1 fully saturated rings. The van der Waals surface area contributed by atoms with E-state index in [0.29, 0.717) is 0 Å². The lowest BCUT2D eigenvalue weighted by Crippen LogP contribution is -2.37. The van der Waals surface area contributed by atoms with Gasteiger partial charge in [-0.1, -0.05) is 24.3 Å². The summed E-state index contributed by atoms with van der Waals surface area (Å²) in [5.41, 5.74) is 3.57. The molecule has 0 radical (unpaired) electrons. The van der Waals surface area contributed by atoms with E-state index < -0.39 is 0 Å². The molecule has 6 heteroatoms. The van der Waals surface area contributed by atoms with Crippen molar-refractivity contribution in [1.82, 2.24) is 15.0 Å². The van der Waals surface area contributed by atoms with Crippen molar-refractivity contribution in [1.29, 1.82) is 0 Å². The third-order valence-corrected chi connectivity index (χ3v) is 6.17. The summed E-state index contributed by atoms with van der Waals surface area (Å²) in [6.07, 6.45) is 4.54. The summed E-state index contributed by atoms with van der Waals surface area (Å²) < 4.78 is 5.49. The fourth-order valence-electron chi connectivity index (χ4n) is 3.74. The topological polar surface area (TPSA) is 51.1 Å². The van der Waals surface area contributed by atoms with Crippen LogP contribution in [0.3, 0.4) is 0 Å². The molecule has 0 unspecified atom stereocenters. The number of fused-ring (bicyclic) bond motifs is 2. The summed E-state index contributed by atoms with van der Waals surface area (Å²) >= 11 is 1.68. The third-order valence-electron chi connectivity index (χ3n) is 5.20. The predicted octanol–water partition coefficient (Wildman–Crippen LogP) is 3.89. The monoisotopic (exact) mass is 378 g/mol. The Hall–Kier alpha value is -2.18. The van der Waals surface area contributed by atoms with Gasteiger partial charge in [-0.15, -0.1) is 0 Å². The first kappa shape index (κ1) is 17.0. The van der Waals surface area contributed by atoms with Gasteiger partial charge in [-0.3, -0.25) is 0 Å². The maximum Gasteiger partial charge on any atom is 0.226 e. The van der Waals surface area contributed by atoms with Crippen molar-refractivity contribution in [2.45, 2.75) is 35.7 Å². The van der Waals surface area contributed by atoms with E-state index in [0.717, 1.165) is 60.7 Å². The number of ether oxygens (including phenoxy) is 1. The molecular formula is C21H22N4OS. The van der Waals surface area contributed by atoms with Gasteiger partial charge in [0.25, 0.3) is 0 Å². The third kappa shape index (κ3) is 3.51. The molecule has 27 heavy (non-hydrogen) atoms. The first-order valence-electron chi connectivity index (χ1n) is 9.63. The highest BCUT2D eigenvalue weighted by atomic mass is 32.2. The number of aryl methyl sites for hydroxylation is 1. The Labute approximate surface area is 163 Å². The molecule has 0 bridgehead atoms. The van der Waals surface area contributed by atoms with Gasteiger partial charge in [-0.25, -0.2) is 15.0 Å². The molecule has 1 aromatic carbocycles. The summed E-state index contributed by atoms with van der Waals surface area (Å²) in [7, 11) is 0. The van der Waals surface area contributed by atoms with Gasteiger partial charge in [0.1, 0.15) is 10.1 Å². The quantitative estimate of drug-likeness (QED) is 0.645. The van der Waals surface area contributed by atoms with Crippen LogP contribution in [0.25, 0.3) is 10.9 Å². The van der Waals surface area contributed by atoms with E-state index in [4.69, 9.17) is 19.7 Å². The number of rotatable bonds is 3. The molecule has 1 saturated heterocycles. The van der Waals surface area contributed by atoms with Gasteiger partial charge < -0.3 is 9.64 Å². The number of benzene rings is 1. The molecule has 0 spiro atoms. The van der Waals surface area contributed by atoms with Gasteiger partial charge in [-0.05, 0) is 49.6 Å². The minimum atomic E-state index is 0.745. The average molecular weight is 379 g/mol. The molecule has 2 aliphatic rings. The van der Waals surface area contributed by atoms with Crippen LogP contribution in [0.15, 0.2) is 46.5 Å². The van der Waals surface area contributed by atoms with Crippen molar-refractivity contribution < 1.29 is 4.74 Å². The second-order valence-electron chi connectivity index (χ2n) is 7.00. The Balaban J connectivity index is 1.52. The van der Waals surface area contributed by atoms with Gasteiger partial charge in [0, 0.05) is 24.0 Å². The Morgan fingerprint density at radius 2 is 1.74 bits per heavy atom. The van der Waals surface area contributed by atoms with Gasteiger partial charge in [-0.2, -0.15) is 0 Å². The highest BCUT2D eigenvalue weighted by Gasteiger charge is 2.22. The van der Waals surface area contributed by atoms with Crippen LogP contribution in [-0.2, 0) is 17.6 Å². The van der Waals surface area contributed by atoms with E-state index in [-0.39, 0.29) is 0 Å². The molecule has 0 amide bonds. The van der Waals surface area contributed by atoms with Crippen LogP contribution in [-0.4, -0.2) is 41.3 Å². The molecule has 3 aromatic rings. The highest BCUT2D eigenvalue weighted by Crippen LogP contribution is 2.34. The molecule has 0 atom stereocenters. The number of nitrogens with zero attached hydrogens (tertiary/aromatic N) is 4. The molecule has 3 heterocycles. The number of para-hydroxylation sites is 1. The summed E-state index contributed by atoms with van der Waals surface area (Å²) in [5, 5.41) is 3.23. The zero-order valence-electron chi connectivity index (χ0n) is 15.2. The standard InChI is InChI=1S/C21H22N4OS/c1-3-7-17-15(5-1)9-10-19(22-17)27-20-16-6-2-4-8-18(16)23-21(24-20)25-11-13-26-14-12-25/h1,3,5,7,9-10H,2,4,6,8,11-14H2. The Kier molecular flexibility index (Phi) is 4.67. The zero-order valence-corrected chi connectivity index (χ0v) is 16.0. The molecule has 2 aromatic heterocycles. The summed E-state index contributed by atoms with van der Waals surface area (Å²) in [6.45, 7) is 3.21. The lowest BCUT2D eigenvalue weighted by Gasteiger charge is -2.28. The first-order chi connectivity index (χ1) is 13.4. The van der Waals surface area contributed by atoms with Gasteiger partial charge >= 0.3 is 0 Å². The fourth-order valence-corrected chi connectivity index (χ4v) is 4.69. The Morgan fingerprint density at radius 3 is 2.67 bits per heavy atom. The number of hydrogen-bond donors (Lipinski definition) is 0. The summed E-state index contributed by atoms with van der Waals surface area (Å²) in [4.78, 5) is 17.0. The molecular weight excluding hydrogens is 356 g/mol. The number of hydrogen-bond acceptors (Lipinski definition) is 6. The smallest absolute Gasteiger partial charge is 0.226 e. The van der Waals surface area contributed by atoms with Crippen LogP contribution in [0.2, 0.25) is 0 Å². The lowest BCUT2D eigenvalue weighted by atomic mass is 9.97. The largest absolute Gasteiger partial charge is 0.378 e. The van der Waals surface area contributed by atoms with E-state index in [1.165, 1.54) is 29.5 Å². The number of aromatic nitrogens is 3. The van der Waals surface area contributed by atoms with E-state index in [1.54, 1.807) is 11.8 Å². The SMILES string of the molecule is c1ccc2nc(Sc3nc(N4CCOCC4)nc4c3CCCC4)ccc2c1. The van der Waals surface area contributed by atoms with E-state index in [9.17, 15) is 0 Å². The van der Waals surface area contributed by atoms with Crippen LogP contribution in [0.4, 0.5) is 5.95 Å². The normalized spacial score (nSPS) is 17.1. The van der Waals surface area contributed by atoms with Crippen LogP contribution < -0.4 is 4.90 Å². The van der Waals surface area contributed by atoms with Crippen molar-refractivity contribution in [3.05, 3.63) is 47.7 Å². The van der Waals surface area contributed by atoms with Crippen molar-refractivity contribution in [2.75, 3.05) is 31.2 Å². The van der Waals surface area contributed by atoms with Gasteiger partial charge in [0.05, 0.1) is 24.4 Å².